The number of rotatable bonds is 4. The molecule has 6 heteroatoms. The number of piperidine rings is 1. The van der Waals surface area contributed by atoms with Gasteiger partial charge in [-0.2, -0.15) is 0 Å². The summed E-state index contributed by atoms with van der Waals surface area (Å²) in [6.45, 7) is 1.98. The zero-order valence-corrected chi connectivity index (χ0v) is 12.8. The van der Waals surface area contributed by atoms with Crippen LogP contribution in [0.15, 0.2) is 12.1 Å². The summed E-state index contributed by atoms with van der Waals surface area (Å²) in [5.74, 6) is 0.856. The lowest BCUT2D eigenvalue weighted by Crippen LogP contribution is -2.43. The Kier molecular flexibility index (Phi) is 4.90. The molecule has 0 bridgehead atoms. The first-order valence-corrected chi connectivity index (χ1v) is 7.06. The van der Waals surface area contributed by atoms with Crippen LogP contribution in [0.5, 0.6) is 11.5 Å². The number of carbonyl (C=O) groups excluding carboxylic acids is 1. The minimum atomic E-state index is -0.164. The van der Waals surface area contributed by atoms with Crippen molar-refractivity contribution >= 4 is 11.6 Å². The molecule has 0 aliphatic carbocycles. The van der Waals surface area contributed by atoms with Crippen LogP contribution in [0.3, 0.4) is 0 Å². The Morgan fingerprint density at radius 2 is 1.81 bits per heavy atom. The lowest BCUT2D eigenvalue weighted by molar-refractivity contribution is 0.0917. The molecule has 0 unspecified atom stereocenters. The van der Waals surface area contributed by atoms with Gasteiger partial charge in [-0.1, -0.05) is 0 Å². The number of hydrogen-bond acceptors (Lipinski definition) is 5. The maximum atomic E-state index is 12.4. The fourth-order valence-electron chi connectivity index (χ4n) is 2.51. The van der Waals surface area contributed by atoms with E-state index >= 15 is 0 Å². The van der Waals surface area contributed by atoms with Crippen molar-refractivity contribution < 1.29 is 14.3 Å². The summed E-state index contributed by atoms with van der Waals surface area (Å²) in [4.78, 5) is 14.6. The van der Waals surface area contributed by atoms with Crippen LogP contribution in [0.4, 0.5) is 5.69 Å². The molecule has 1 aromatic rings. The number of nitrogens with zero attached hydrogens (tertiary/aromatic N) is 1. The smallest absolute Gasteiger partial charge is 0.253 e. The predicted octanol–water partition coefficient (Wildman–Crippen LogP) is 1.11. The maximum Gasteiger partial charge on any atom is 0.253 e. The average Bonchev–Trinajstić information content (AvgIpc) is 2.49. The Hall–Kier alpha value is -1.95. The third-order valence-corrected chi connectivity index (χ3v) is 3.85. The van der Waals surface area contributed by atoms with Crippen molar-refractivity contribution in [3.05, 3.63) is 17.7 Å². The molecule has 21 heavy (non-hydrogen) atoms. The van der Waals surface area contributed by atoms with Crippen LogP contribution >= 0.6 is 0 Å². The van der Waals surface area contributed by atoms with Crippen LogP contribution in [-0.2, 0) is 0 Å². The monoisotopic (exact) mass is 293 g/mol. The minimum absolute atomic E-state index is 0.164. The molecule has 1 aliphatic rings. The minimum Gasteiger partial charge on any atom is -0.493 e. The van der Waals surface area contributed by atoms with E-state index in [0.717, 1.165) is 25.9 Å². The molecule has 0 aromatic heterocycles. The van der Waals surface area contributed by atoms with Gasteiger partial charge in [0.25, 0.3) is 5.91 Å². The van der Waals surface area contributed by atoms with E-state index in [0.29, 0.717) is 22.7 Å². The molecule has 1 aliphatic heterocycles. The van der Waals surface area contributed by atoms with Crippen LogP contribution in [0, 0.1) is 0 Å². The summed E-state index contributed by atoms with van der Waals surface area (Å²) in [5.41, 5.74) is 6.75. The molecular formula is C15H23N3O3. The van der Waals surface area contributed by atoms with Crippen LogP contribution in [0.1, 0.15) is 23.2 Å². The zero-order valence-electron chi connectivity index (χ0n) is 12.8. The van der Waals surface area contributed by atoms with Crippen LogP contribution < -0.4 is 20.5 Å². The highest BCUT2D eigenvalue weighted by Crippen LogP contribution is 2.31. The Balaban J connectivity index is 2.11. The fourth-order valence-corrected chi connectivity index (χ4v) is 2.51. The Morgan fingerprint density at radius 1 is 1.24 bits per heavy atom. The third-order valence-electron chi connectivity index (χ3n) is 3.85. The van der Waals surface area contributed by atoms with Gasteiger partial charge in [0.15, 0.2) is 11.5 Å². The molecule has 0 spiro atoms. The Morgan fingerprint density at radius 3 is 2.38 bits per heavy atom. The highest BCUT2D eigenvalue weighted by molar-refractivity contribution is 6.00. The number of methoxy groups -OCH3 is 2. The number of nitrogens with two attached hydrogens (primary N) is 1. The molecule has 1 saturated heterocycles. The van der Waals surface area contributed by atoms with E-state index in [4.69, 9.17) is 15.2 Å². The first-order valence-electron chi connectivity index (χ1n) is 7.06. The standard InChI is InChI=1S/C15H23N3O3/c1-18-6-4-10(5-7-18)17-15(19)11-8-13(20-2)14(21-3)9-12(11)16/h8-10H,4-7,16H2,1-3H3,(H,17,19). The number of likely N-dealkylation sites (tertiary alicyclic amines) is 1. The molecule has 1 fully saturated rings. The average molecular weight is 293 g/mol. The van der Waals surface area contributed by atoms with Crippen molar-refractivity contribution in [3.63, 3.8) is 0 Å². The molecule has 1 aromatic carbocycles. The summed E-state index contributed by atoms with van der Waals surface area (Å²) in [7, 11) is 5.16. The van der Waals surface area contributed by atoms with Crippen LogP contribution in [-0.4, -0.2) is 51.2 Å². The van der Waals surface area contributed by atoms with Gasteiger partial charge in [-0.25, -0.2) is 0 Å². The molecule has 1 amide bonds. The molecule has 0 saturated carbocycles. The van der Waals surface area contributed by atoms with E-state index in [1.54, 1.807) is 12.1 Å². The highest BCUT2D eigenvalue weighted by Gasteiger charge is 2.21. The van der Waals surface area contributed by atoms with Crippen molar-refractivity contribution in [2.24, 2.45) is 0 Å². The van der Waals surface area contributed by atoms with E-state index in [9.17, 15) is 4.79 Å². The van der Waals surface area contributed by atoms with Gasteiger partial charge in [0.1, 0.15) is 0 Å². The van der Waals surface area contributed by atoms with Gasteiger partial charge in [0.2, 0.25) is 0 Å². The van der Waals surface area contributed by atoms with Gasteiger partial charge in [-0.3, -0.25) is 4.79 Å². The predicted molar refractivity (Wildman–Crippen MR) is 81.9 cm³/mol. The molecule has 116 valence electrons. The summed E-state index contributed by atoms with van der Waals surface area (Å²) >= 11 is 0. The van der Waals surface area contributed by atoms with E-state index in [-0.39, 0.29) is 11.9 Å². The van der Waals surface area contributed by atoms with Crippen molar-refractivity contribution in [3.8, 4) is 11.5 Å². The number of nitrogens with one attached hydrogen (secondary N) is 1. The summed E-state index contributed by atoms with van der Waals surface area (Å²) < 4.78 is 10.4. The first-order chi connectivity index (χ1) is 10.0. The van der Waals surface area contributed by atoms with E-state index < -0.39 is 0 Å². The normalized spacial score (nSPS) is 16.5. The largest absolute Gasteiger partial charge is 0.493 e. The van der Waals surface area contributed by atoms with Crippen molar-refractivity contribution in [1.82, 2.24) is 10.2 Å². The number of carbonyl (C=O) groups is 1. The van der Waals surface area contributed by atoms with Gasteiger partial charge in [0.05, 0.1) is 19.8 Å². The van der Waals surface area contributed by atoms with Gasteiger partial charge in [0, 0.05) is 17.8 Å². The molecule has 0 atom stereocenters. The van der Waals surface area contributed by atoms with Crippen LogP contribution in [0.2, 0.25) is 0 Å². The number of hydrogen-bond donors (Lipinski definition) is 2. The number of anilines is 1. The SMILES string of the molecule is COc1cc(N)c(C(=O)NC2CCN(C)CC2)cc1OC. The van der Waals surface area contributed by atoms with E-state index in [1.807, 2.05) is 0 Å². The van der Waals surface area contributed by atoms with Crippen LogP contribution in [0.25, 0.3) is 0 Å². The molecule has 6 nitrogen and oxygen atoms in total. The number of ether oxygens (including phenoxy) is 2. The quantitative estimate of drug-likeness (QED) is 0.813. The zero-order chi connectivity index (χ0) is 15.4. The lowest BCUT2D eigenvalue weighted by Gasteiger charge is -2.29. The number of amides is 1. The van der Waals surface area contributed by atoms with Crippen molar-refractivity contribution in [1.29, 1.82) is 0 Å². The van der Waals surface area contributed by atoms with E-state index in [2.05, 4.69) is 17.3 Å². The second-order valence-electron chi connectivity index (χ2n) is 5.35. The van der Waals surface area contributed by atoms with Gasteiger partial charge in [-0.15, -0.1) is 0 Å². The molecule has 2 rings (SSSR count). The second-order valence-corrected chi connectivity index (χ2v) is 5.35. The fraction of sp³-hybridized carbons (Fsp3) is 0.533. The molecule has 3 N–H and O–H groups in total. The summed E-state index contributed by atoms with van der Waals surface area (Å²) in [6.07, 6.45) is 1.91. The molecule has 1 heterocycles. The highest BCUT2D eigenvalue weighted by atomic mass is 16.5. The summed E-state index contributed by atoms with van der Waals surface area (Å²) in [6, 6.07) is 3.43. The van der Waals surface area contributed by atoms with Crippen molar-refractivity contribution in [2.45, 2.75) is 18.9 Å². The van der Waals surface area contributed by atoms with Gasteiger partial charge < -0.3 is 25.4 Å². The molecular weight excluding hydrogens is 270 g/mol. The number of nitrogen functional groups attached to an aromatic ring is 1. The Bertz CT molecular complexity index is 511. The lowest BCUT2D eigenvalue weighted by atomic mass is 10.0. The maximum absolute atomic E-state index is 12.4. The van der Waals surface area contributed by atoms with Gasteiger partial charge >= 0.3 is 0 Å². The second kappa shape index (κ2) is 6.67. The van der Waals surface area contributed by atoms with Gasteiger partial charge in [-0.05, 0) is 39.0 Å². The van der Waals surface area contributed by atoms with E-state index in [1.165, 1.54) is 14.2 Å². The summed E-state index contributed by atoms with van der Waals surface area (Å²) in [5, 5.41) is 3.04. The van der Waals surface area contributed by atoms with Crippen molar-refractivity contribution in [2.75, 3.05) is 40.1 Å². The molecule has 0 radical (unpaired) electrons. The third kappa shape index (κ3) is 3.58. The topological polar surface area (TPSA) is 76.8 Å². The first kappa shape index (κ1) is 15.4. The Labute approximate surface area is 125 Å². The number of benzene rings is 1.